The van der Waals surface area contributed by atoms with Gasteiger partial charge in [0.2, 0.25) is 10.0 Å². The van der Waals surface area contributed by atoms with Crippen LogP contribution in [0.3, 0.4) is 0 Å². The van der Waals surface area contributed by atoms with Gasteiger partial charge in [-0.3, -0.25) is 4.79 Å². The van der Waals surface area contributed by atoms with Gasteiger partial charge in [-0.05, 0) is 71.6 Å². The van der Waals surface area contributed by atoms with Gasteiger partial charge in [-0.15, -0.1) is 0 Å². The highest BCUT2D eigenvalue weighted by Crippen LogP contribution is 2.29. The molecular formula is C19H21BrN2O4S. The van der Waals surface area contributed by atoms with Crippen molar-refractivity contribution < 1.29 is 17.9 Å². The van der Waals surface area contributed by atoms with Gasteiger partial charge in [0.15, 0.2) is 0 Å². The van der Waals surface area contributed by atoms with Crippen LogP contribution >= 0.6 is 15.9 Å². The van der Waals surface area contributed by atoms with Gasteiger partial charge in [0.05, 0.1) is 23.3 Å². The van der Waals surface area contributed by atoms with Gasteiger partial charge in [0.25, 0.3) is 5.91 Å². The van der Waals surface area contributed by atoms with Crippen LogP contribution in [-0.2, 0) is 10.0 Å². The van der Waals surface area contributed by atoms with Crippen molar-refractivity contribution in [1.82, 2.24) is 4.31 Å². The topological polar surface area (TPSA) is 75.7 Å². The average molecular weight is 453 g/mol. The molecular weight excluding hydrogens is 432 g/mol. The molecule has 0 unspecified atom stereocenters. The second-order valence-electron chi connectivity index (χ2n) is 6.41. The maximum Gasteiger partial charge on any atom is 0.256 e. The number of carbonyl (C=O) groups excluding carboxylic acids is 1. The van der Waals surface area contributed by atoms with Crippen molar-refractivity contribution in [3.05, 3.63) is 52.0 Å². The number of methoxy groups -OCH3 is 1. The Bertz CT molecular complexity index is 970. The molecule has 0 aliphatic carbocycles. The third kappa shape index (κ3) is 4.17. The summed E-state index contributed by atoms with van der Waals surface area (Å²) in [6.45, 7) is 2.94. The molecule has 2 aromatic rings. The first-order valence-electron chi connectivity index (χ1n) is 8.58. The molecule has 1 saturated heterocycles. The molecule has 0 aromatic heterocycles. The number of aryl methyl sites for hydroxylation is 1. The molecule has 27 heavy (non-hydrogen) atoms. The van der Waals surface area contributed by atoms with Gasteiger partial charge >= 0.3 is 0 Å². The van der Waals surface area contributed by atoms with E-state index in [1.54, 1.807) is 18.2 Å². The molecule has 1 N–H and O–H groups in total. The van der Waals surface area contributed by atoms with Crippen LogP contribution in [-0.4, -0.2) is 38.8 Å². The van der Waals surface area contributed by atoms with Gasteiger partial charge in [0.1, 0.15) is 5.75 Å². The Morgan fingerprint density at radius 3 is 2.52 bits per heavy atom. The minimum atomic E-state index is -3.60. The van der Waals surface area contributed by atoms with E-state index in [9.17, 15) is 13.2 Å². The number of benzene rings is 2. The molecule has 1 aliphatic rings. The minimum Gasteiger partial charge on any atom is -0.495 e. The second kappa shape index (κ2) is 8.00. The number of anilines is 1. The fourth-order valence-corrected chi connectivity index (χ4v) is 5.00. The zero-order chi connectivity index (χ0) is 19.6. The van der Waals surface area contributed by atoms with Crippen LogP contribution in [0.15, 0.2) is 45.8 Å². The first-order valence-corrected chi connectivity index (χ1v) is 10.8. The lowest BCUT2D eigenvalue weighted by Gasteiger charge is -2.17. The van der Waals surface area contributed by atoms with Crippen molar-refractivity contribution >= 4 is 37.5 Å². The van der Waals surface area contributed by atoms with Crippen LogP contribution < -0.4 is 10.1 Å². The Hall–Kier alpha value is -1.90. The summed E-state index contributed by atoms with van der Waals surface area (Å²) >= 11 is 3.34. The molecule has 1 fully saturated rings. The number of nitrogens with one attached hydrogen (secondary N) is 1. The predicted octanol–water partition coefficient (Wildman–Crippen LogP) is 3.80. The number of carbonyl (C=O) groups is 1. The number of ether oxygens (including phenoxy) is 1. The van der Waals surface area contributed by atoms with Gasteiger partial charge in [-0.2, -0.15) is 4.31 Å². The largest absolute Gasteiger partial charge is 0.495 e. The number of halogens is 1. The molecule has 1 amide bonds. The van der Waals surface area contributed by atoms with Crippen molar-refractivity contribution in [2.24, 2.45) is 0 Å². The third-order valence-corrected chi connectivity index (χ3v) is 7.07. The third-order valence-electron chi connectivity index (χ3n) is 4.49. The summed E-state index contributed by atoms with van der Waals surface area (Å²) < 4.78 is 32.8. The smallest absolute Gasteiger partial charge is 0.256 e. The first-order chi connectivity index (χ1) is 12.8. The minimum absolute atomic E-state index is 0.119. The van der Waals surface area contributed by atoms with Crippen molar-refractivity contribution in [3.8, 4) is 5.75 Å². The lowest BCUT2D eigenvalue weighted by molar-refractivity contribution is 0.102. The van der Waals surface area contributed by atoms with Crippen LogP contribution in [0, 0.1) is 6.92 Å². The lowest BCUT2D eigenvalue weighted by atomic mass is 10.1. The molecule has 1 heterocycles. The number of nitrogens with zero attached hydrogens (tertiary/aromatic N) is 1. The summed E-state index contributed by atoms with van der Waals surface area (Å²) in [5, 5.41) is 2.81. The highest BCUT2D eigenvalue weighted by Gasteiger charge is 2.28. The Kier molecular flexibility index (Phi) is 5.88. The standard InChI is InChI=1S/C19H21BrN2O4S/c1-13-5-8-18(26-2)17(11-13)21-19(23)15-12-14(6-7-16(15)20)27(24,25)22-9-3-4-10-22/h5-8,11-12H,3-4,9-10H2,1-2H3,(H,21,23). The molecule has 0 spiro atoms. The summed E-state index contributed by atoms with van der Waals surface area (Å²) in [4.78, 5) is 12.9. The van der Waals surface area contributed by atoms with E-state index in [-0.39, 0.29) is 10.5 Å². The zero-order valence-electron chi connectivity index (χ0n) is 15.2. The lowest BCUT2D eigenvalue weighted by Crippen LogP contribution is -2.28. The number of hydrogen-bond acceptors (Lipinski definition) is 4. The van der Waals surface area contributed by atoms with Crippen LogP contribution in [0.25, 0.3) is 0 Å². The van der Waals surface area contributed by atoms with Crippen LogP contribution in [0.1, 0.15) is 28.8 Å². The van der Waals surface area contributed by atoms with E-state index in [0.29, 0.717) is 29.0 Å². The Labute approximate surface area is 167 Å². The molecule has 0 saturated carbocycles. The quantitative estimate of drug-likeness (QED) is 0.748. The summed E-state index contributed by atoms with van der Waals surface area (Å²) in [5.41, 5.74) is 1.75. The molecule has 0 atom stereocenters. The molecule has 2 aromatic carbocycles. The highest BCUT2D eigenvalue weighted by molar-refractivity contribution is 9.10. The van der Waals surface area contributed by atoms with E-state index in [1.807, 2.05) is 13.0 Å². The van der Waals surface area contributed by atoms with E-state index in [1.165, 1.54) is 23.5 Å². The van der Waals surface area contributed by atoms with Crippen molar-refractivity contribution in [3.63, 3.8) is 0 Å². The van der Waals surface area contributed by atoms with Crippen LogP contribution in [0.4, 0.5) is 5.69 Å². The molecule has 8 heteroatoms. The maximum absolute atomic E-state index is 12.8. The molecule has 0 radical (unpaired) electrons. The molecule has 1 aliphatic heterocycles. The van der Waals surface area contributed by atoms with E-state index < -0.39 is 15.9 Å². The Morgan fingerprint density at radius 2 is 1.85 bits per heavy atom. The van der Waals surface area contributed by atoms with Crippen LogP contribution in [0.2, 0.25) is 0 Å². The van der Waals surface area contributed by atoms with Crippen LogP contribution in [0.5, 0.6) is 5.75 Å². The average Bonchev–Trinajstić information content (AvgIpc) is 3.17. The number of amides is 1. The molecule has 0 bridgehead atoms. The predicted molar refractivity (Wildman–Crippen MR) is 108 cm³/mol. The van der Waals surface area contributed by atoms with E-state index >= 15 is 0 Å². The van der Waals surface area contributed by atoms with Gasteiger partial charge in [-0.25, -0.2) is 8.42 Å². The summed E-state index contributed by atoms with van der Waals surface area (Å²) in [5.74, 6) is 0.121. The van der Waals surface area contributed by atoms with Gasteiger partial charge in [0, 0.05) is 17.6 Å². The zero-order valence-corrected chi connectivity index (χ0v) is 17.6. The summed E-state index contributed by atoms with van der Waals surface area (Å²) in [6, 6.07) is 9.97. The first kappa shape index (κ1) is 19.9. The van der Waals surface area contributed by atoms with Gasteiger partial charge in [-0.1, -0.05) is 6.07 Å². The maximum atomic E-state index is 12.8. The Balaban J connectivity index is 1.93. The normalized spacial score (nSPS) is 14.9. The molecule has 3 rings (SSSR count). The highest BCUT2D eigenvalue weighted by atomic mass is 79.9. The summed E-state index contributed by atoms with van der Waals surface area (Å²) in [7, 11) is -2.07. The number of sulfonamides is 1. The van der Waals surface area contributed by atoms with E-state index in [0.717, 1.165) is 18.4 Å². The molecule has 144 valence electrons. The number of hydrogen-bond donors (Lipinski definition) is 1. The van der Waals surface area contributed by atoms with Crippen molar-refractivity contribution in [1.29, 1.82) is 0 Å². The fraction of sp³-hybridized carbons (Fsp3) is 0.316. The fourth-order valence-electron chi connectivity index (χ4n) is 3.03. The SMILES string of the molecule is COc1ccc(C)cc1NC(=O)c1cc(S(=O)(=O)N2CCCC2)ccc1Br. The van der Waals surface area contributed by atoms with E-state index in [4.69, 9.17) is 4.74 Å². The van der Waals surface area contributed by atoms with E-state index in [2.05, 4.69) is 21.2 Å². The second-order valence-corrected chi connectivity index (χ2v) is 9.20. The van der Waals surface area contributed by atoms with Crippen molar-refractivity contribution in [2.45, 2.75) is 24.7 Å². The molecule has 6 nitrogen and oxygen atoms in total. The summed E-state index contributed by atoms with van der Waals surface area (Å²) in [6.07, 6.45) is 1.71. The van der Waals surface area contributed by atoms with Crippen molar-refractivity contribution in [2.75, 3.05) is 25.5 Å². The number of rotatable bonds is 5. The van der Waals surface area contributed by atoms with Gasteiger partial charge < -0.3 is 10.1 Å². The monoisotopic (exact) mass is 452 g/mol. The Morgan fingerprint density at radius 1 is 1.15 bits per heavy atom.